The van der Waals surface area contributed by atoms with Gasteiger partial charge in [-0.25, -0.2) is 9.97 Å². The smallest absolute Gasteiger partial charge is 0.252 e. The van der Waals surface area contributed by atoms with E-state index in [-0.39, 0.29) is 0 Å². The fourth-order valence-electron chi connectivity index (χ4n) is 3.13. The van der Waals surface area contributed by atoms with Crippen LogP contribution < -0.4 is 10.6 Å². The van der Waals surface area contributed by atoms with E-state index in [0.29, 0.717) is 11.4 Å². The van der Waals surface area contributed by atoms with Crippen molar-refractivity contribution in [3.8, 4) is 0 Å². The summed E-state index contributed by atoms with van der Waals surface area (Å²) in [7, 11) is 0. The van der Waals surface area contributed by atoms with Gasteiger partial charge in [0.25, 0.3) is 5.91 Å². The number of carbonyl (C=O) groups excluding carboxylic acids is 1. The Bertz CT molecular complexity index is 690. The van der Waals surface area contributed by atoms with E-state index in [9.17, 15) is 4.79 Å². The highest BCUT2D eigenvalue weighted by molar-refractivity contribution is 5.97. The largest absolute Gasteiger partial charge is 0.365 e. The monoisotopic (exact) mass is 328 g/mol. The SMILES string of the molecule is CCc1nccn1CCN1CCN(c2ncccc2C(N)=O)CC1. The van der Waals surface area contributed by atoms with Crippen LogP contribution in [0.15, 0.2) is 30.7 Å². The molecule has 1 aliphatic rings. The predicted molar refractivity (Wildman–Crippen MR) is 93.0 cm³/mol. The number of imidazole rings is 1. The summed E-state index contributed by atoms with van der Waals surface area (Å²) in [5, 5.41) is 0. The van der Waals surface area contributed by atoms with Gasteiger partial charge in [0.2, 0.25) is 0 Å². The summed E-state index contributed by atoms with van der Waals surface area (Å²) in [6.45, 7) is 7.68. The van der Waals surface area contributed by atoms with Gasteiger partial charge in [-0.15, -0.1) is 0 Å². The van der Waals surface area contributed by atoms with Crippen molar-refractivity contribution in [2.24, 2.45) is 5.73 Å². The van der Waals surface area contributed by atoms with Crippen LogP contribution in [0.3, 0.4) is 0 Å². The first-order valence-corrected chi connectivity index (χ1v) is 8.41. The van der Waals surface area contributed by atoms with Crippen molar-refractivity contribution in [1.29, 1.82) is 0 Å². The predicted octanol–water partition coefficient (Wildman–Crippen LogP) is 0.762. The van der Waals surface area contributed by atoms with Crippen LogP contribution in [0.5, 0.6) is 0 Å². The van der Waals surface area contributed by atoms with E-state index in [0.717, 1.165) is 51.5 Å². The van der Waals surface area contributed by atoms with Crippen molar-refractivity contribution in [3.63, 3.8) is 0 Å². The van der Waals surface area contributed by atoms with Crippen molar-refractivity contribution >= 4 is 11.7 Å². The van der Waals surface area contributed by atoms with Gasteiger partial charge in [-0.05, 0) is 12.1 Å². The highest BCUT2D eigenvalue weighted by atomic mass is 16.1. The first-order chi connectivity index (χ1) is 11.7. The van der Waals surface area contributed by atoms with Crippen LogP contribution in [0.25, 0.3) is 0 Å². The molecule has 0 unspecified atom stereocenters. The van der Waals surface area contributed by atoms with E-state index >= 15 is 0 Å². The number of aromatic nitrogens is 3. The van der Waals surface area contributed by atoms with E-state index < -0.39 is 5.91 Å². The molecule has 24 heavy (non-hydrogen) atoms. The number of amides is 1. The molecule has 0 atom stereocenters. The Morgan fingerprint density at radius 3 is 2.67 bits per heavy atom. The van der Waals surface area contributed by atoms with Crippen molar-refractivity contribution < 1.29 is 4.79 Å². The minimum Gasteiger partial charge on any atom is -0.365 e. The summed E-state index contributed by atoms with van der Waals surface area (Å²) >= 11 is 0. The number of anilines is 1. The van der Waals surface area contributed by atoms with Crippen molar-refractivity contribution in [2.45, 2.75) is 19.9 Å². The molecule has 1 fully saturated rings. The topological polar surface area (TPSA) is 80.3 Å². The van der Waals surface area contributed by atoms with Gasteiger partial charge >= 0.3 is 0 Å². The van der Waals surface area contributed by atoms with Crippen LogP contribution >= 0.6 is 0 Å². The normalized spacial score (nSPS) is 15.6. The lowest BCUT2D eigenvalue weighted by Crippen LogP contribution is -2.48. The van der Waals surface area contributed by atoms with Crippen LogP contribution in [0.4, 0.5) is 5.82 Å². The van der Waals surface area contributed by atoms with Gasteiger partial charge < -0.3 is 15.2 Å². The summed E-state index contributed by atoms with van der Waals surface area (Å²) in [6, 6.07) is 3.48. The zero-order chi connectivity index (χ0) is 16.9. The van der Waals surface area contributed by atoms with E-state index in [1.54, 1.807) is 18.3 Å². The third-order valence-corrected chi connectivity index (χ3v) is 4.50. The average Bonchev–Trinajstić information content (AvgIpc) is 3.08. The van der Waals surface area contributed by atoms with Crippen LogP contribution in [0.1, 0.15) is 23.1 Å². The van der Waals surface area contributed by atoms with Gasteiger partial charge in [-0.3, -0.25) is 9.69 Å². The number of hydrogen-bond donors (Lipinski definition) is 1. The number of primary amides is 1. The Kier molecular flexibility index (Phi) is 5.10. The summed E-state index contributed by atoms with van der Waals surface area (Å²) in [6.07, 6.45) is 6.57. The number of rotatable bonds is 6. The molecule has 0 aliphatic carbocycles. The lowest BCUT2D eigenvalue weighted by Gasteiger charge is -2.36. The molecule has 0 spiro atoms. The van der Waals surface area contributed by atoms with Crippen LogP contribution in [0, 0.1) is 0 Å². The number of carbonyl (C=O) groups is 1. The maximum absolute atomic E-state index is 11.6. The van der Waals surface area contributed by atoms with Gasteiger partial charge in [0.1, 0.15) is 11.6 Å². The fourth-order valence-corrected chi connectivity index (χ4v) is 3.13. The molecule has 128 valence electrons. The Labute approximate surface area is 142 Å². The van der Waals surface area contributed by atoms with Crippen molar-refractivity contribution in [1.82, 2.24) is 19.4 Å². The fraction of sp³-hybridized carbons (Fsp3) is 0.471. The van der Waals surface area contributed by atoms with E-state index in [1.165, 1.54) is 0 Å². The second-order valence-corrected chi connectivity index (χ2v) is 5.96. The van der Waals surface area contributed by atoms with Gasteiger partial charge in [-0.2, -0.15) is 0 Å². The van der Waals surface area contributed by atoms with Crippen LogP contribution in [-0.4, -0.2) is 58.1 Å². The molecule has 3 rings (SSSR count). The Hall–Kier alpha value is -2.41. The minimum atomic E-state index is -0.423. The van der Waals surface area contributed by atoms with Crippen LogP contribution in [-0.2, 0) is 13.0 Å². The molecule has 2 N–H and O–H groups in total. The number of nitrogens with zero attached hydrogens (tertiary/aromatic N) is 5. The molecule has 3 heterocycles. The molecule has 2 aromatic rings. The number of pyridine rings is 1. The minimum absolute atomic E-state index is 0.423. The molecular weight excluding hydrogens is 304 g/mol. The van der Waals surface area contributed by atoms with Gasteiger partial charge in [0.15, 0.2) is 0 Å². The highest BCUT2D eigenvalue weighted by Gasteiger charge is 2.21. The third kappa shape index (κ3) is 3.56. The van der Waals surface area contributed by atoms with Gasteiger partial charge in [0, 0.05) is 64.3 Å². The first kappa shape index (κ1) is 16.4. The number of nitrogens with two attached hydrogens (primary N) is 1. The van der Waals surface area contributed by atoms with Crippen molar-refractivity contribution in [2.75, 3.05) is 37.6 Å². The lowest BCUT2D eigenvalue weighted by atomic mass is 10.2. The van der Waals surface area contributed by atoms with Gasteiger partial charge in [-0.1, -0.05) is 6.92 Å². The summed E-state index contributed by atoms with van der Waals surface area (Å²) in [5.74, 6) is 1.41. The molecule has 7 nitrogen and oxygen atoms in total. The molecule has 7 heteroatoms. The third-order valence-electron chi connectivity index (χ3n) is 4.50. The molecule has 1 aliphatic heterocycles. The highest BCUT2D eigenvalue weighted by Crippen LogP contribution is 2.18. The second-order valence-electron chi connectivity index (χ2n) is 5.96. The van der Waals surface area contributed by atoms with Crippen molar-refractivity contribution in [3.05, 3.63) is 42.1 Å². The molecule has 0 aromatic carbocycles. The average molecular weight is 328 g/mol. The van der Waals surface area contributed by atoms with E-state index in [2.05, 4.69) is 31.3 Å². The maximum Gasteiger partial charge on any atom is 0.252 e. The lowest BCUT2D eigenvalue weighted by molar-refractivity contribution is 0.1000. The zero-order valence-electron chi connectivity index (χ0n) is 14.1. The molecule has 0 radical (unpaired) electrons. The molecule has 1 saturated heterocycles. The summed E-state index contributed by atoms with van der Waals surface area (Å²) in [5.41, 5.74) is 5.95. The quantitative estimate of drug-likeness (QED) is 0.847. The summed E-state index contributed by atoms with van der Waals surface area (Å²) < 4.78 is 2.22. The van der Waals surface area contributed by atoms with Gasteiger partial charge in [0.05, 0.1) is 5.56 Å². The summed E-state index contributed by atoms with van der Waals surface area (Å²) in [4.78, 5) is 24.8. The molecule has 2 aromatic heterocycles. The molecule has 1 amide bonds. The standard InChI is InChI=1S/C17H24N6O/c1-2-15-19-6-7-22(15)11-8-21-9-12-23(13-10-21)17-14(16(18)24)4-3-5-20-17/h3-7H,2,8-13H2,1H3,(H2,18,24). The Balaban J connectivity index is 1.55. The number of aryl methyl sites for hydroxylation is 1. The Morgan fingerprint density at radius 1 is 1.17 bits per heavy atom. The molecule has 0 bridgehead atoms. The Morgan fingerprint density at radius 2 is 1.96 bits per heavy atom. The molecular formula is C17H24N6O. The maximum atomic E-state index is 11.6. The second kappa shape index (κ2) is 7.44. The van der Waals surface area contributed by atoms with E-state index in [1.807, 2.05) is 12.4 Å². The zero-order valence-corrected chi connectivity index (χ0v) is 14.1. The van der Waals surface area contributed by atoms with Crippen LogP contribution in [0.2, 0.25) is 0 Å². The number of piperazine rings is 1. The number of hydrogen-bond acceptors (Lipinski definition) is 5. The molecule has 0 saturated carbocycles. The van der Waals surface area contributed by atoms with E-state index in [4.69, 9.17) is 5.73 Å². The first-order valence-electron chi connectivity index (χ1n) is 8.41.